The Morgan fingerprint density at radius 3 is 2.53 bits per heavy atom. The fourth-order valence-corrected chi connectivity index (χ4v) is 7.06. The van der Waals surface area contributed by atoms with Gasteiger partial charge in [-0.15, -0.1) is 0 Å². The van der Waals surface area contributed by atoms with Gasteiger partial charge in [0.2, 0.25) is 5.91 Å². The van der Waals surface area contributed by atoms with Crippen LogP contribution in [0.25, 0.3) is 33.2 Å². The zero-order chi connectivity index (χ0) is 37.1. The Hall–Kier alpha value is -5.77. The Bertz CT molecular complexity index is 2420. The van der Waals surface area contributed by atoms with Crippen LogP contribution in [-0.4, -0.2) is 83.3 Å². The maximum atomic E-state index is 14.5. The van der Waals surface area contributed by atoms with E-state index in [1.807, 2.05) is 35.2 Å². The number of rotatable bonds is 9. The molecule has 4 heterocycles. The molecular weight excluding hydrogens is 690 g/mol. The molecule has 1 aliphatic rings. The van der Waals surface area contributed by atoms with Gasteiger partial charge in [0.05, 0.1) is 22.8 Å². The molecule has 0 bridgehead atoms. The van der Waals surface area contributed by atoms with Crippen LogP contribution in [0.15, 0.2) is 77.9 Å². The van der Waals surface area contributed by atoms with E-state index in [2.05, 4.69) is 40.8 Å². The summed E-state index contributed by atoms with van der Waals surface area (Å²) in [5, 5.41) is 16.2. The fourth-order valence-electron chi connectivity index (χ4n) is 6.87. The lowest BCUT2D eigenvalue weighted by atomic mass is 10.0. The van der Waals surface area contributed by atoms with Crippen LogP contribution in [0.2, 0.25) is 5.02 Å². The number of hydrogen-bond donors (Lipinski definition) is 2. The third-order valence-corrected chi connectivity index (χ3v) is 10.2. The first kappa shape index (κ1) is 35.6. The molecule has 0 atom stereocenters. The van der Waals surface area contributed by atoms with Crippen LogP contribution >= 0.6 is 11.6 Å². The van der Waals surface area contributed by atoms with Crippen molar-refractivity contribution in [3.8, 4) is 28.8 Å². The highest BCUT2D eigenvalue weighted by Crippen LogP contribution is 2.31. The van der Waals surface area contributed by atoms with E-state index < -0.39 is 0 Å². The van der Waals surface area contributed by atoms with Crippen LogP contribution in [0.1, 0.15) is 49.1 Å². The lowest BCUT2D eigenvalue weighted by Crippen LogP contribution is -2.44. The van der Waals surface area contributed by atoms with Crippen LogP contribution in [-0.2, 0) is 17.9 Å². The lowest BCUT2D eigenvalue weighted by Gasteiger charge is -2.35. The average Bonchev–Trinajstić information content (AvgIpc) is 3.53. The molecule has 0 aliphatic carbocycles. The highest BCUT2D eigenvalue weighted by Gasteiger charge is 2.24. The van der Waals surface area contributed by atoms with Crippen molar-refractivity contribution in [3.63, 3.8) is 0 Å². The summed E-state index contributed by atoms with van der Waals surface area (Å²) in [6, 6.07) is 20.0. The maximum Gasteiger partial charge on any atom is 0.263 e. The van der Waals surface area contributed by atoms with E-state index in [-0.39, 0.29) is 36.1 Å². The van der Waals surface area contributed by atoms with E-state index in [1.165, 1.54) is 6.33 Å². The molecule has 3 N–H and O–H groups in total. The number of benzene rings is 3. The number of nitrogens with zero attached hydrogens (tertiary/aromatic N) is 8. The molecule has 1 amide bonds. The van der Waals surface area contributed by atoms with E-state index in [0.29, 0.717) is 74.9 Å². The molecule has 53 heavy (non-hydrogen) atoms. The van der Waals surface area contributed by atoms with Crippen molar-refractivity contribution in [1.29, 1.82) is 0 Å². The van der Waals surface area contributed by atoms with Gasteiger partial charge in [-0.05, 0) is 81.4 Å². The largest absolute Gasteiger partial charge is 0.508 e. The van der Waals surface area contributed by atoms with Crippen molar-refractivity contribution in [1.82, 2.24) is 39.1 Å². The van der Waals surface area contributed by atoms with Gasteiger partial charge in [0, 0.05) is 48.1 Å². The van der Waals surface area contributed by atoms with E-state index in [4.69, 9.17) is 27.4 Å². The Morgan fingerprint density at radius 2 is 1.77 bits per heavy atom. The molecular formula is C40H40ClN9O3. The third-order valence-electron chi connectivity index (χ3n) is 9.80. The van der Waals surface area contributed by atoms with Crippen LogP contribution in [0.5, 0.6) is 5.75 Å². The SMILES string of the molecule is CN(C)C1CCN(C(=O)CCCC#Cc2cccc3nc(Cn4nc(-c5ccc(O)cc5)c5c(N)ncnc54)n(Cc4ccccc4Cl)c(=O)c23)CC1. The van der Waals surface area contributed by atoms with Crippen molar-refractivity contribution < 1.29 is 9.90 Å². The molecule has 0 radical (unpaired) electrons. The van der Waals surface area contributed by atoms with Gasteiger partial charge in [-0.3, -0.25) is 14.2 Å². The average molecular weight is 730 g/mol. The number of amides is 1. The predicted molar refractivity (Wildman–Crippen MR) is 207 cm³/mol. The Kier molecular flexibility index (Phi) is 10.4. The smallest absolute Gasteiger partial charge is 0.263 e. The summed E-state index contributed by atoms with van der Waals surface area (Å²) < 4.78 is 3.26. The van der Waals surface area contributed by atoms with Crippen molar-refractivity contribution in [2.45, 2.75) is 51.2 Å². The van der Waals surface area contributed by atoms with E-state index in [1.54, 1.807) is 45.6 Å². The van der Waals surface area contributed by atoms with Crippen LogP contribution in [0, 0.1) is 11.8 Å². The second-order valence-corrected chi connectivity index (χ2v) is 13.9. The quantitative estimate of drug-likeness (QED) is 0.149. The van der Waals surface area contributed by atoms with Gasteiger partial charge in [0.1, 0.15) is 36.0 Å². The Balaban J connectivity index is 1.21. The summed E-state index contributed by atoms with van der Waals surface area (Å²) >= 11 is 6.60. The maximum absolute atomic E-state index is 14.5. The number of nitrogen functional groups attached to an aromatic ring is 1. The number of piperidine rings is 1. The minimum absolute atomic E-state index is 0.0808. The number of nitrogens with two attached hydrogens (primary N) is 1. The minimum Gasteiger partial charge on any atom is -0.508 e. The highest BCUT2D eigenvalue weighted by atomic mass is 35.5. The summed E-state index contributed by atoms with van der Waals surface area (Å²) in [5.41, 5.74) is 9.60. The standard InChI is InChI=1S/C40H40ClN9O3/c1-47(2)29-19-21-48(22-20-29)34(52)14-5-3-4-9-26-11-8-13-32-35(26)40(53)49(23-28-10-6-7-12-31(28)41)33(45-32)24-50-39-36(38(42)43-25-44-39)37(46-50)27-15-17-30(51)18-16-27/h6-8,10-13,15-18,25,29,51H,3,5,14,19-24H2,1-2H3,(H2,42,43,44). The van der Waals surface area contributed by atoms with Crippen LogP contribution < -0.4 is 11.3 Å². The zero-order valence-electron chi connectivity index (χ0n) is 29.7. The molecule has 1 aliphatic heterocycles. The molecule has 3 aromatic carbocycles. The monoisotopic (exact) mass is 729 g/mol. The number of anilines is 1. The van der Waals surface area contributed by atoms with Crippen molar-refractivity contribution in [2.24, 2.45) is 0 Å². The molecule has 0 spiro atoms. The number of carbonyl (C=O) groups is 1. The van der Waals surface area contributed by atoms with E-state index >= 15 is 0 Å². The third kappa shape index (κ3) is 7.58. The number of aromatic hydroxyl groups is 1. The number of phenols is 1. The molecule has 3 aromatic heterocycles. The lowest BCUT2D eigenvalue weighted by molar-refractivity contribution is -0.132. The van der Waals surface area contributed by atoms with Crippen molar-refractivity contribution in [3.05, 3.63) is 105 Å². The summed E-state index contributed by atoms with van der Waals surface area (Å²) in [6.07, 6.45) is 4.96. The van der Waals surface area contributed by atoms with Gasteiger partial charge >= 0.3 is 0 Å². The summed E-state index contributed by atoms with van der Waals surface area (Å²) in [4.78, 5) is 45.3. The number of carbonyl (C=O) groups excluding carboxylic acids is 1. The van der Waals surface area contributed by atoms with Crippen LogP contribution in [0.4, 0.5) is 5.82 Å². The van der Waals surface area contributed by atoms with Gasteiger partial charge in [-0.2, -0.15) is 5.10 Å². The number of unbranched alkanes of at least 4 members (excludes halogenated alkanes) is 1. The van der Waals surface area contributed by atoms with Gasteiger partial charge in [-0.1, -0.05) is 47.7 Å². The van der Waals surface area contributed by atoms with Crippen LogP contribution in [0.3, 0.4) is 0 Å². The first-order valence-electron chi connectivity index (χ1n) is 17.6. The van der Waals surface area contributed by atoms with Gasteiger partial charge in [-0.25, -0.2) is 19.6 Å². The Labute approximate surface area is 311 Å². The number of aromatic nitrogens is 6. The number of fused-ring (bicyclic) bond motifs is 2. The van der Waals surface area contributed by atoms with E-state index in [9.17, 15) is 14.7 Å². The number of phenolic OH excluding ortho intramolecular Hbond substituents is 1. The highest BCUT2D eigenvalue weighted by molar-refractivity contribution is 6.31. The molecule has 0 unspecified atom stereocenters. The zero-order valence-corrected chi connectivity index (χ0v) is 30.4. The molecule has 1 fully saturated rings. The van der Waals surface area contributed by atoms with E-state index in [0.717, 1.165) is 31.5 Å². The summed E-state index contributed by atoms with van der Waals surface area (Å²) in [6.45, 7) is 1.82. The second-order valence-electron chi connectivity index (χ2n) is 13.5. The summed E-state index contributed by atoms with van der Waals surface area (Å²) in [7, 11) is 4.18. The van der Waals surface area contributed by atoms with Gasteiger partial charge in [0.25, 0.3) is 5.56 Å². The number of likely N-dealkylation sites (tertiary alicyclic amines) is 1. The number of halogens is 1. The molecule has 13 heteroatoms. The fraction of sp³-hybridized carbons (Fsp3) is 0.300. The molecule has 6 aromatic rings. The Morgan fingerprint density at radius 1 is 1.00 bits per heavy atom. The van der Waals surface area contributed by atoms with Gasteiger partial charge in [0.15, 0.2) is 5.65 Å². The first-order valence-corrected chi connectivity index (χ1v) is 18.0. The molecule has 12 nitrogen and oxygen atoms in total. The normalized spacial score (nSPS) is 13.5. The molecule has 7 rings (SSSR count). The molecule has 0 saturated carbocycles. The first-order chi connectivity index (χ1) is 25.7. The second kappa shape index (κ2) is 15.5. The predicted octanol–water partition coefficient (Wildman–Crippen LogP) is 5.32. The topological polar surface area (TPSA) is 148 Å². The van der Waals surface area contributed by atoms with Gasteiger partial charge < -0.3 is 20.6 Å². The van der Waals surface area contributed by atoms with Crippen molar-refractivity contribution >= 4 is 45.3 Å². The summed E-state index contributed by atoms with van der Waals surface area (Å²) in [5.74, 6) is 7.37. The molecule has 1 saturated heterocycles. The molecule has 270 valence electrons. The minimum atomic E-state index is -0.268. The number of hydrogen-bond acceptors (Lipinski definition) is 9. The van der Waals surface area contributed by atoms with Crippen molar-refractivity contribution in [2.75, 3.05) is 32.9 Å².